The van der Waals surface area contributed by atoms with Crippen molar-refractivity contribution in [2.24, 2.45) is 0 Å². The van der Waals surface area contributed by atoms with Crippen LogP contribution in [-0.2, 0) is 13.0 Å². The lowest BCUT2D eigenvalue weighted by Crippen LogP contribution is -2.34. The summed E-state index contributed by atoms with van der Waals surface area (Å²) < 4.78 is 36.1. The van der Waals surface area contributed by atoms with Crippen LogP contribution in [0.25, 0.3) is 0 Å². The molecule has 0 aliphatic heterocycles. The van der Waals surface area contributed by atoms with Crippen LogP contribution in [0.5, 0.6) is 5.88 Å². The van der Waals surface area contributed by atoms with Crippen LogP contribution < -0.4 is 15.4 Å². The monoisotopic (exact) mass is 417 g/mol. The first-order valence-corrected chi connectivity index (χ1v) is 9.58. The van der Waals surface area contributed by atoms with E-state index in [0.29, 0.717) is 6.54 Å². The second-order valence-electron chi connectivity index (χ2n) is 7.03. The lowest BCUT2D eigenvalue weighted by molar-refractivity contribution is -0.0541. The maximum atomic E-state index is 12.5. The van der Waals surface area contributed by atoms with Gasteiger partial charge in [-0.3, -0.25) is 4.68 Å². The lowest BCUT2D eigenvalue weighted by Gasteiger charge is -2.24. The average Bonchev–Trinajstić information content (AvgIpc) is 3.28. The number of aryl methyl sites for hydroxylation is 1. The van der Waals surface area contributed by atoms with Gasteiger partial charge in [-0.05, 0) is 36.9 Å². The summed E-state index contributed by atoms with van der Waals surface area (Å²) in [4.78, 5) is 12.5. The molecule has 0 bridgehead atoms. The van der Waals surface area contributed by atoms with Crippen LogP contribution in [0, 0.1) is 6.92 Å². The first-order chi connectivity index (χ1) is 14.5. The third-order valence-electron chi connectivity index (χ3n) is 5.01. The number of amides is 2. The summed E-state index contributed by atoms with van der Waals surface area (Å²) in [6.07, 6.45) is 4.29. The second-order valence-corrected chi connectivity index (χ2v) is 7.03. The zero-order chi connectivity index (χ0) is 21.1. The molecule has 1 aliphatic carbocycles. The summed E-state index contributed by atoms with van der Waals surface area (Å²) in [7, 11) is 0. The van der Waals surface area contributed by atoms with Crippen molar-refractivity contribution < 1.29 is 22.8 Å². The van der Waals surface area contributed by atoms with Gasteiger partial charge in [-0.2, -0.15) is 13.9 Å². The maximum absolute atomic E-state index is 12.5. The number of urea groups is 1. The minimum absolute atomic E-state index is 0.0244. The fourth-order valence-electron chi connectivity index (χ4n) is 3.63. The number of nitrogens with zero attached hydrogens (tertiary/aromatic N) is 3. The molecule has 2 aromatic heterocycles. The molecular formula is C20H21F2N5O3. The number of hydrogen-bond donors (Lipinski definition) is 2. The summed E-state index contributed by atoms with van der Waals surface area (Å²) >= 11 is 0. The Balaban J connectivity index is 1.46. The second kappa shape index (κ2) is 8.52. The Kier molecular flexibility index (Phi) is 5.64. The highest BCUT2D eigenvalue weighted by Crippen LogP contribution is 2.31. The van der Waals surface area contributed by atoms with Crippen LogP contribution in [-0.4, -0.2) is 27.6 Å². The van der Waals surface area contributed by atoms with Crippen molar-refractivity contribution in [2.45, 2.75) is 45.4 Å². The van der Waals surface area contributed by atoms with Gasteiger partial charge in [0, 0.05) is 11.3 Å². The molecule has 3 aromatic rings. The minimum Gasteiger partial charge on any atom is -0.412 e. The lowest BCUT2D eigenvalue weighted by atomic mass is 9.93. The summed E-state index contributed by atoms with van der Waals surface area (Å²) in [5.74, 6) is -0.293. The molecule has 158 valence electrons. The highest BCUT2D eigenvalue weighted by Gasteiger charge is 2.27. The van der Waals surface area contributed by atoms with Crippen molar-refractivity contribution >= 4 is 11.7 Å². The SMILES string of the molecule is Cc1onc(OC(F)F)c1NC(=O)NC1CCCc2c1cnn2Cc1ccccc1. The first-order valence-electron chi connectivity index (χ1n) is 9.58. The fourth-order valence-corrected chi connectivity index (χ4v) is 3.63. The maximum Gasteiger partial charge on any atom is 0.388 e. The third kappa shape index (κ3) is 4.27. The molecule has 0 saturated heterocycles. The molecule has 4 rings (SSSR count). The third-order valence-corrected chi connectivity index (χ3v) is 5.01. The van der Waals surface area contributed by atoms with E-state index in [0.717, 1.165) is 36.1 Å². The summed E-state index contributed by atoms with van der Waals surface area (Å²) in [6.45, 7) is -0.925. The number of ether oxygens (including phenoxy) is 1. The van der Waals surface area contributed by atoms with Crippen LogP contribution in [0.2, 0.25) is 0 Å². The van der Waals surface area contributed by atoms with Gasteiger partial charge in [0.2, 0.25) is 0 Å². The van der Waals surface area contributed by atoms with Crippen LogP contribution in [0.1, 0.15) is 41.5 Å². The number of hydrogen-bond acceptors (Lipinski definition) is 5. The Labute approximate surface area is 171 Å². The molecule has 0 spiro atoms. The van der Waals surface area contributed by atoms with Gasteiger partial charge in [0.05, 0.1) is 18.8 Å². The molecule has 30 heavy (non-hydrogen) atoms. The van der Waals surface area contributed by atoms with Crippen molar-refractivity contribution in [3.8, 4) is 5.88 Å². The standard InChI is InChI=1S/C20H21F2N5O3/c1-12-17(18(26-30-12)29-19(21)22)25-20(28)24-15-8-5-9-16-14(15)10-23-27(16)11-13-6-3-2-4-7-13/h2-4,6-7,10,15,19H,5,8-9,11H2,1H3,(H2,24,25,28). The number of carbonyl (C=O) groups excluding carboxylic acids is 1. The molecule has 1 unspecified atom stereocenters. The van der Waals surface area contributed by atoms with E-state index in [1.165, 1.54) is 6.92 Å². The largest absolute Gasteiger partial charge is 0.412 e. The smallest absolute Gasteiger partial charge is 0.388 e. The number of aromatic nitrogens is 3. The number of alkyl halides is 2. The Bertz CT molecular complexity index is 1020. The van der Waals surface area contributed by atoms with Gasteiger partial charge >= 0.3 is 12.6 Å². The van der Waals surface area contributed by atoms with Crippen molar-refractivity contribution in [3.63, 3.8) is 0 Å². The number of halogens is 2. The van der Waals surface area contributed by atoms with Crippen molar-refractivity contribution in [2.75, 3.05) is 5.32 Å². The van der Waals surface area contributed by atoms with Gasteiger partial charge in [0.1, 0.15) is 0 Å². The molecule has 0 saturated carbocycles. The number of rotatable bonds is 6. The molecular weight excluding hydrogens is 396 g/mol. The molecule has 10 heteroatoms. The van der Waals surface area contributed by atoms with Gasteiger partial charge in [0.15, 0.2) is 11.4 Å². The Morgan fingerprint density at radius 3 is 2.93 bits per heavy atom. The summed E-state index contributed by atoms with van der Waals surface area (Å²) in [5.41, 5.74) is 3.16. The Morgan fingerprint density at radius 2 is 2.17 bits per heavy atom. The number of anilines is 1. The molecule has 1 aromatic carbocycles. The molecule has 2 N–H and O–H groups in total. The molecule has 1 aliphatic rings. The van der Waals surface area contributed by atoms with E-state index >= 15 is 0 Å². The zero-order valence-corrected chi connectivity index (χ0v) is 16.3. The molecule has 0 fully saturated rings. The van der Waals surface area contributed by atoms with Gasteiger partial charge in [-0.1, -0.05) is 30.3 Å². The van der Waals surface area contributed by atoms with E-state index < -0.39 is 18.5 Å². The van der Waals surface area contributed by atoms with Gasteiger partial charge in [-0.15, -0.1) is 0 Å². The van der Waals surface area contributed by atoms with Crippen molar-refractivity contribution in [1.82, 2.24) is 20.3 Å². The van der Waals surface area contributed by atoms with E-state index in [2.05, 4.69) is 25.6 Å². The molecule has 8 nitrogen and oxygen atoms in total. The molecule has 2 amide bonds. The first kappa shape index (κ1) is 19.9. The summed E-state index contributed by atoms with van der Waals surface area (Å²) in [6, 6.07) is 9.22. The van der Waals surface area contributed by atoms with Crippen LogP contribution in [0.15, 0.2) is 41.1 Å². The van der Waals surface area contributed by atoms with Crippen molar-refractivity contribution in [3.05, 3.63) is 59.1 Å². The quantitative estimate of drug-likeness (QED) is 0.632. The average molecular weight is 417 g/mol. The van der Waals surface area contributed by atoms with Gasteiger partial charge in [0.25, 0.3) is 5.88 Å². The van der Waals surface area contributed by atoms with E-state index in [1.807, 2.05) is 35.0 Å². The van der Waals surface area contributed by atoms with E-state index in [9.17, 15) is 13.6 Å². The topological polar surface area (TPSA) is 94.2 Å². The highest BCUT2D eigenvalue weighted by atomic mass is 19.3. The minimum atomic E-state index is -3.07. The van der Waals surface area contributed by atoms with Gasteiger partial charge in [-0.25, -0.2) is 4.79 Å². The predicted molar refractivity (Wildman–Crippen MR) is 103 cm³/mol. The predicted octanol–water partition coefficient (Wildman–Crippen LogP) is 4.03. The summed E-state index contributed by atoms with van der Waals surface area (Å²) in [5, 5.41) is 13.3. The van der Waals surface area contributed by atoms with Crippen molar-refractivity contribution in [1.29, 1.82) is 0 Å². The van der Waals surface area contributed by atoms with Crippen LogP contribution >= 0.6 is 0 Å². The number of nitrogens with one attached hydrogen (secondary N) is 2. The van der Waals surface area contributed by atoms with E-state index in [4.69, 9.17) is 4.52 Å². The number of carbonyl (C=O) groups is 1. The number of fused-ring (bicyclic) bond motifs is 1. The Morgan fingerprint density at radius 1 is 1.37 bits per heavy atom. The van der Waals surface area contributed by atoms with E-state index in [-0.39, 0.29) is 17.5 Å². The van der Waals surface area contributed by atoms with Crippen LogP contribution in [0.3, 0.4) is 0 Å². The normalized spacial score (nSPS) is 15.7. The van der Waals surface area contributed by atoms with Crippen LogP contribution in [0.4, 0.5) is 19.3 Å². The molecule has 1 atom stereocenters. The van der Waals surface area contributed by atoms with E-state index in [1.54, 1.807) is 6.20 Å². The van der Waals surface area contributed by atoms with Gasteiger partial charge < -0.3 is 19.9 Å². The highest BCUT2D eigenvalue weighted by molar-refractivity contribution is 5.91. The number of benzene rings is 1. The Hall–Kier alpha value is -3.43. The zero-order valence-electron chi connectivity index (χ0n) is 16.3. The molecule has 2 heterocycles. The molecule has 0 radical (unpaired) electrons. The fraction of sp³-hybridized carbons (Fsp3) is 0.350.